The van der Waals surface area contributed by atoms with Crippen molar-refractivity contribution >= 4 is 8.32 Å². The molecule has 0 heterocycles. The third kappa shape index (κ3) is 1.95. The topological polar surface area (TPSA) is 9.23 Å². The molecule has 4 fully saturated rings. The van der Waals surface area contributed by atoms with E-state index in [1.807, 2.05) is 11.4 Å². The van der Waals surface area contributed by atoms with Gasteiger partial charge in [0.2, 0.25) is 8.32 Å². The molecule has 4 aliphatic rings. The molecule has 0 aliphatic heterocycles. The standard InChI is InChI=1S/C15H24OSi/c1-4-17(3,5-2)16-15-9-12-6-13(10-15)8-14(7-12)11-15/h4-5,12-14H,1-2,6-11H2,3H3. The molecule has 2 heteroatoms. The van der Waals surface area contributed by atoms with Gasteiger partial charge in [-0.1, -0.05) is 11.4 Å². The van der Waals surface area contributed by atoms with Crippen LogP contribution in [0.2, 0.25) is 6.55 Å². The zero-order valence-electron chi connectivity index (χ0n) is 11.0. The Bertz CT molecular complexity index is 304. The Hall–Kier alpha value is -0.343. The van der Waals surface area contributed by atoms with Crippen LogP contribution in [0.25, 0.3) is 0 Å². The summed E-state index contributed by atoms with van der Waals surface area (Å²) in [4.78, 5) is 0. The van der Waals surface area contributed by atoms with E-state index >= 15 is 0 Å². The van der Waals surface area contributed by atoms with Crippen molar-refractivity contribution in [2.45, 2.75) is 50.7 Å². The third-order valence-corrected chi connectivity index (χ3v) is 7.72. The lowest BCUT2D eigenvalue weighted by Crippen LogP contribution is -2.56. The Labute approximate surface area is 106 Å². The molecular formula is C15H24OSi. The highest BCUT2D eigenvalue weighted by Gasteiger charge is 2.53. The van der Waals surface area contributed by atoms with Gasteiger partial charge in [0.25, 0.3) is 0 Å². The van der Waals surface area contributed by atoms with E-state index in [1.165, 1.54) is 38.5 Å². The molecule has 0 spiro atoms. The predicted molar refractivity (Wildman–Crippen MR) is 74.0 cm³/mol. The molecular weight excluding hydrogens is 224 g/mol. The number of hydrogen-bond donors (Lipinski definition) is 0. The lowest BCUT2D eigenvalue weighted by atomic mass is 9.54. The van der Waals surface area contributed by atoms with Gasteiger partial charge in [-0.05, 0) is 62.8 Å². The first-order valence-electron chi connectivity index (χ1n) is 7.04. The van der Waals surface area contributed by atoms with Crippen molar-refractivity contribution in [1.29, 1.82) is 0 Å². The Kier molecular flexibility index (Phi) is 2.64. The van der Waals surface area contributed by atoms with Crippen molar-refractivity contribution in [3.8, 4) is 0 Å². The van der Waals surface area contributed by atoms with Gasteiger partial charge in [-0.25, -0.2) is 0 Å². The predicted octanol–water partition coefficient (Wildman–Crippen LogP) is 4.00. The van der Waals surface area contributed by atoms with E-state index in [1.54, 1.807) is 0 Å². The molecule has 4 aliphatic carbocycles. The molecule has 4 saturated carbocycles. The molecule has 94 valence electrons. The molecule has 4 rings (SSSR count). The van der Waals surface area contributed by atoms with Gasteiger partial charge in [0, 0.05) is 0 Å². The SMILES string of the molecule is C=C[Si](C)(C=C)OC12CC3CC(CC(C3)C1)C2. The maximum Gasteiger partial charge on any atom is 0.238 e. The molecule has 1 nitrogen and oxygen atoms in total. The lowest BCUT2D eigenvalue weighted by molar-refractivity contribution is -0.111. The summed E-state index contributed by atoms with van der Waals surface area (Å²) >= 11 is 0. The van der Waals surface area contributed by atoms with Gasteiger partial charge in [0.15, 0.2) is 0 Å². The summed E-state index contributed by atoms with van der Waals surface area (Å²) in [6.07, 6.45) is 8.35. The van der Waals surface area contributed by atoms with Crippen molar-refractivity contribution in [3.63, 3.8) is 0 Å². The van der Waals surface area contributed by atoms with Crippen molar-refractivity contribution in [1.82, 2.24) is 0 Å². The second-order valence-electron chi connectivity index (χ2n) is 6.79. The molecule has 4 bridgehead atoms. The summed E-state index contributed by atoms with van der Waals surface area (Å²) < 4.78 is 6.64. The third-order valence-electron chi connectivity index (χ3n) is 5.23. The Morgan fingerprint density at radius 1 is 1.00 bits per heavy atom. The van der Waals surface area contributed by atoms with E-state index in [0.717, 1.165) is 17.8 Å². The largest absolute Gasteiger partial charge is 0.404 e. The average molecular weight is 248 g/mol. The van der Waals surface area contributed by atoms with E-state index in [9.17, 15) is 0 Å². The maximum absolute atomic E-state index is 6.64. The van der Waals surface area contributed by atoms with Crippen molar-refractivity contribution in [2.75, 3.05) is 0 Å². The summed E-state index contributed by atoms with van der Waals surface area (Å²) in [5.41, 5.74) is 4.29. The van der Waals surface area contributed by atoms with Gasteiger partial charge in [-0.2, -0.15) is 0 Å². The Morgan fingerprint density at radius 2 is 1.41 bits per heavy atom. The normalized spacial score (nSPS) is 43.7. The minimum absolute atomic E-state index is 0.206. The zero-order valence-corrected chi connectivity index (χ0v) is 12.0. The van der Waals surface area contributed by atoms with Crippen LogP contribution in [0.3, 0.4) is 0 Å². The fourth-order valence-electron chi connectivity index (χ4n) is 4.79. The van der Waals surface area contributed by atoms with Gasteiger partial charge in [-0.15, -0.1) is 13.2 Å². The van der Waals surface area contributed by atoms with E-state index in [-0.39, 0.29) is 5.60 Å². The van der Waals surface area contributed by atoms with Crippen molar-refractivity contribution < 1.29 is 4.43 Å². The highest BCUT2D eigenvalue weighted by Crippen LogP contribution is 2.57. The molecule has 0 aromatic rings. The maximum atomic E-state index is 6.64. The zero-order chi connectivity index (χ0) is 12.1. The molecule has 17 heavy (non-hydrogen) atoms. The fraction of sp³-hybridized carbons (Fsp3) is 0.733. The second kappa shape index (κ2) is 3.82. The minimum atomic E-state index is -1.86. The van der Waals surface area contributed by atoms with Crippen LogP contribution in [0.5, 0.6) is 0 Å². The Balaban J connectivity index is 1.82. The average Bonchev–Trinajstić information content (AvgIpc) is 2.26. The first kappa shape index (κ1) is 11.7. The second-order valence-corrected chi connectivity index (χ2v) is 10.2. The van der Waals surface area contributed by atoms with E-state index in [2.05, 4.69) is 19.7 Å². The summed E-state index contributed by atoms with van der Waals surface area (Å²) in [7, 11) is -1.86. The van der Waals surface area contributed by atoms with E-state index < -0.39 is 8.32 Å². The summed E-state index contributed by atoms with van der Waals surface area (Å²) in [6.45, 7) is 10.2. The first-order valence-corrected chi connectivity index (χ1v) is 9.60. The van der Waals surface area contributed by atoms with Crippen LogP contribution < -0.4 is 0 Å². The molecule has 0 saturated heterocycles. The molecule has 0 N–H and O–H groups in total. The highest BCUT2D eigenvalue weighted by atomic mass is 28.4. The van der Waals surface area contributed by atoms with Crippen LogP contribution in [0.15, 0.2) is 24.6 Å². The number of hydrogen-bond acceptors (Lipinski definition) is 1. The molecule has 0 atom stereocenters. The minimum Gasteiger partial charge on any atom is -0.404 e. The van der Waals surface area contributed by atoms with Gasteiger partial charge < -0.3 is 4.43 Å². The summed E-state index contributed by atoms with van der Waals surface area (Å²) in [5, 5.41) is 0. The molecule has 0 amide bonds. The highest BCUT2D eigenvalue weighted by molar-refractivity contribution is 6.82. The van der Waals surface area contributed by atoms with Crippen LogP contribution in [-0.2, 0) is 4.43 Å². The Morgan fingerprint density at radius 3 is 1.76 bits per heavy atom. The number of rotatable bonds is 4. The van der Waals surface area contributed by atoms with Gasteiger partial charge >= 0.3 is 0 Å². The van der Waals surface area contributed by atoms with Crippen LogP contribution in [0, 0.1) is 17.8 Å². The summed E-state index contributed by atoms with van der Waals surface area (Å²) in [6, 6.07) is 0. The van der Waals surface area contributed by atoms with E-state index in [4.69, 9.17) is 4.43 Å². The van der Waals surface area contributed by atoms with Gasteiger partial charge in [0.05, 0.1) is 5.60 Å². The van der Waals surface area contributed by atoms with Crippen LogP contribution in [0.4, 0.5) is 0 Å². The van der Waals surface area contributed by atoms with Crippen molar-refractivity contribution in [3.05, 3.63) is 24.6 Å². The van der Waals surface area contributed by atoms with Gasteiger partial charge in [0.1, 0.15) is 0 Å². The molecule has 0 aromatic carbocycles. The molecule has 0 unspecified atom stereocenters. The van der Waals surface area contributed by atoms with Crippen LogP contribution in [0.1, 0.15) is 38.5 Å². The monoisotopic (exact) mass is 248 g/mol. The molecule has 0 aromatic heterocycles. The van der Waals surface area contributed by atoms with Crippen molar-refractivity contribution in [2.24, 2.45) is 17.8 Å². The molecule has 0 radical (unpaired) electrons. The quantitative estimate of drug-likeness (QED) is 0.683. The fourth-order valence-corrected chi connectivity index (χ4v) is 6.31. The lowest BCUT2D eigenvalue weighted by Gasteiger charge is -2.58. The van der Waals surface area contributed by atoms with Gasteiger partial charge in [-0.3, -0.25) is 0 Å². The van der Waals surface area contributed by atoms with Crippen LogP contribution >= 0.6 is 0 Å². The summed E-state index contributed by atoms with van der Waals surface area (Å²) in [5.74, 6) is 2.86. The van der Waals surface area contributed by atoms with E-state index in [0.29, 0.717) is 0 Å². The van der Waals surface area contributed by atoms with Crippen LogP contribution in [-0.4, -0.2) is 13.9 Å². The smallest absolute Gasteiger partial charge is 0.238 e. The first-order chi connectivity index (χ1) is 8.06.